The quantitative estimate of drug-likeness (QED) is 0.803. The Morgan fingerprint density at radius 3 is 2.68 bits per heavy atom. The van der Waals surface area contributed by atoms with Crippen molar-refractivity contribution in [3.63, 3.8) is 0 Å². The number of aliphatic hydroxyl groups excluding tert-OH is 1. The van der Waals surface area contributed by atoms with Gasteiger partial charge in [0.15, 0.2) is 0 Å². The van der Waals surface area contributed by atoms with Crippen LogP contribution in [0.3, 0.4) is 0 Å². The van der Waals surface area contributed by atoms with Crippen molar-refractivity contribution < 1.29 is 14.6 Å². The molecule has 0 aromatic heterocycles. The van der Waals surface area contributed by atoms with Crippen LogP contribution in [0.5, 0.6) is 5.75 Å². The van der Waals surface area contributed by atoms with Gasteiger partial charge in [-0.25, -0.2) is 0 Å². The summed E-state index contributed by atoms with van der Waals surface area (Å²) in [4.78, 5) is 13.0. The van der Waals surface area contributed by atoms with Crippen molar-refractivity contribution in [3.8, 4) is 5.75 Å². The van der Waals surface area contributed by atoms with E-state index in [1.165, 1.54) is 0 Å². The number of carbonyl (C=O) groups excluding carboxylic acids is 1. The molecule has 1 N–H and O–H groups in total. The molecule has 1 atom stereocenters. The molecule has 0 aliphatic heterocycles. The summed E-state index contributed by atoms with van der Waals surface area (Å²) in [6.45, 7) is 4.17. The van der Waals surface area contributed by atoms with Gasteiger partial charge >= 0.3 is 0 Å². The largest absolute Gasteiger partial charge is 0.493 e. The minimum atomic E-state index is -0.556. The van der Waals surface area contributed by atoms with Crippen molar-refractivity contribution >= 4 is 5.91 Å². The van der Waals surface area contributed by atoms with E-state index in [1.54, 1.807) is 25.9 Å². The minimum Gasteiger partial charge on any atom is -0.493 e. The summed E-state index contributed by atoms with van der Waals surface area (Å²) in [5.74, 6) is 0.802. The second kappa shape index (κ2) is 7.14. The first-order chi connectivity index (χ1) is 8.91. The summed E-state index contributed by atoms with van der Waals surface area (Å²) in [6, 6.07) is 5.74. The molecule has 19 heavy (non-hydrogen) atoms. The minimum absolute atomic E-state index is 0.101. The average molecular weight is 265 g/mol. The van der Waals surface area contributed by atoms with Gasteiger partial charge in [-0.1, -0.05) is 12.1 Å². The number of aryl methyl sites for hydroxylation is 1. The molecule has 1 aromatic carbocycles. The van der Waals surface area contributed by atoms with E-state index in [-0.39, 0.29) is 5.91 Å². The molecule has 0 spiro atoms. The van der Waals surface area contributed by atoms with Gasteiger partial charge in [-0.15, -0.1) is 0 Å². The van der Waals surface area contributed by atoms with Crippen LogP contribution in [0.2, 0.25) is 0 Å². The molecule has 1 rings (SSSR count). The third kappa shape index (κ3) is 4.91. The maximum absolute atomic E-state index is 11.4. The normalized spacial score (nSPS) is 12.1. The van der Waals surface area contributed by atoms with E-state index in [0.717, 1.165) is 11.1 Å². The van der Waals surface area contributed by atoms with Gasteiger partial charge in [0.2, 0.25) is 5.91 Å². The lowest BCUT2D eigenvalue weighted by atomic mass is 10.1. The zero-order valence-corrected chi connectivity index (χ0v) is 12.1. The van der Waals surface area contributed by atoms with Crippen molar-refractivity contribution in [2.75, 3.05) is 20.7 Å². The molecular formula is C15H23NO3. The molecule has 106 valence electrons. The maximum Gasteiger partial charge on any atom is 0.222 e. The first-order valence-corrected chi connectivity index (χ1v) is 6.53. The number of ether oxygens (including phenoxy) is 1. The zero-order valence-electron chi connectivity index (χ0n) is 12.1. The zero-order chi connectivity index (χ0) is 14.4. The van der Waals surface area contributed by atoms with Crippen LogP contribution >= 0.6 is 0 Å². The van der Waals surface area contributed by atoms with Crippen LogP contribution in [0.4, 0.5) is 0 Å². The van der Waals surface area contributed by atoms with Crippen LogP contribution in [-0.2, 0) is 4.79 Å². The van der Waals surface area contributed by atoms with Gasteiger partial charge in [-0.2, -0.15) is 0 Å². The molecule has 0 bridgehead atoms. The van der Waals surface area contributed by atoms with Gasteiger partial charge in [0.1, 0.15) is 5.75 Å². The fourth-order valence-electron chi connectivity index (χ4n) is 1.74. The molecule has 0 fully saturated rings. The van der Waals surface area contributed by atoms with Gasteiger partial charge in [-0.3, -0.25) is 4.79 Å². The fourth-order valence-corrected chi connectivity index (χ4v) is 1.74. The summed E-state index contributed by atoms with van der Waals surface area (Å²) in [7, 11) is 3.49. The number of benzene rings is 1. The molecule has 0 heterocycles. The Morgan fingerprint density at radius 1 is 1.42 bits per heavy atom. The van der Waals surface area contributed by atoms with Crippen molar-refractivity contribution in [1.82, 2.24) is 4.90 Å². The van der Waals surface area contributed by atoms with Crippen LogP contribution in [0.1, 0.15) is 37.0 Å². The third-order valence-corrected chi connectivity index (χ3v) is 2.91. The lowest BCUT2D eigenvalue weighted by molar-refractivity contribution is -0.128. The van der Waals surface area contributed by atoms with Crippen molar-refractivity contribution in [2.45, 2.75) is 32.8 Å². The molecular weight excluding hydrogens is 242 g/mol. The van der Waals surface area contributed by atoms with Gasteiger partial charge < -0.3 is 14.7 Å². The number of aliphatic hydroxyl groups is 1. The Kier molecular flexibility index (Phi) is 5.83. The predicted molar refractivity (Wildman–Crippen MR) is 75.2 cm³/mol. The molecule has 1 aromatic rings. The van der Waals surface area contributed by atoms with E-state index in [2.05, 4.69) is 0 Å². The summed E-state index contributed by atoms with van der Waals surface area (Å²) in [6.07, 6.45) is 0.589. The molecule has 1 amide bonds. The average Bonchev–Trinajstić information content (AvgIpc) is 2.33. The van der Waals surface area contributed by atoms with Crippen LogP contribution in [0.15, 0.2) is 18.2 Å². The topological polar surface area (TPSA) is 49.8 Å². The fraction of sp³-hybridized carbons (Fsp3) is 0.533. The van der Waals surface area contributed by atoms with Crippen molar-refractivity contribution in [1.29, 1.82) is 0 Å². The number of nitrogens with zero attached hydrogens (tertiary/aromatic N) is 1. The van der Waals surface area contributed by atoms with E-state index >= 15 is 0 Å². The van der Waals surface area contributed by atoms with E-state index < -0.39 is 6.10 Å². The lowest BCUT2D eigenvalue weighted by Crippen LogP contribution is -2.21. The Labute approximate surface area is 115 Å². The number of hydrogen-bond acceptors (Lipinski definition) is 3. The summed E-state index contributed by atoms with van der Waals surface area (Å²) in [5.41, 5.74) is 1.87. The molecule has 0 unspecified atom stereocenters. The highest BCUT2D eigenvalue weighted by atomic mass is 16.5. The maximum atomic E-state index is 11.4. The summed E-state index contributed by atoms with van der Waals surface area (Å²) >= 11 is 0. The number of carbonyl (C=O) groups is 1. The number of amides is 1. The van der Waals surface area contributed by atoms with Crippen LogP contribution < -0.4 is 4.74 Å². The SMILES string of the molecule is Cc1ccc([C@H](C)O)c(OCCCC(=O)N(C)C)c1. The van der Waals surface area contributed by atoms with Crippen LogP contribution in [-0.4, -0.2) is 36.6 Å². The Balaban J connectivity index is 2.53. The summed E-state index contributed by atoms with van der Waals surface area (Å²) in [5, 5.41) is 9.67. The highest BCUT2D eigenvalue weighted by molar-refractivity contribution is 5.75. The molecule has 4 nitrogen and oxygen atoms in total. The van der Waals surface area contributed by atoms with E-state index in [0.29, 0.717) is 25.2 Å². The monoisotopic (exact) mass is 265 g/mol. The first kappa shape index (κ1) is 15.5. The number of hydrogen-bond donors (Lipinski definition) is 1. The lowest BCUT2D eigenvalue weighted by Gasteiger charge is -2.15. The van der Waals surface area contributed by atoms with E-state index in [1.807, 2.05) is 25.1 Å². The smallest absolute Gasteiger partial charge is 0.222 e. The standard InChI is InChI=1S/C15H23NO3/c1-11-7-8-13(12(2)17)14(10-11)19-9-5-6-15(18)16(3)4/h7-8,10,12,17H,5-6,9H2,1-4H3/t12-/m0/s1. The summed E-state index contributed by atoms with van der Waals surface area (Å²) < 4.78 is 5.68. The van der Waals surface area contributed by atoms with E-state index in [4.69, 9.17) is 4.74 Å². The van der Waals surface area contributed by atoms with E-state index in [9.17, 15) is 9.90 Å². The second-order valence-electron chi connectivity index (χ2n) is 4.96. The van der Waals surface area contributed by atoms with Crippen LogP contribution in [0, 0.1) is 6.92 Å². The third-order valence-electron chi connectivity index (χ3n) is 2.91. The van der Waals surface area contributed by atoms with Gasteiger partial charge in [0, 0.05) is 26.1 Å². The molecule has 0 aliphatic carbocycles. The molecule has 4 heteroatoms. The Hall–Kier alpha value is -1.55. The van der Waals surface area contributed by atoms with Crippen molar-refractivity contribution in [3.05, 3.63) is 29.3 Å². The first-order valence-electron chi connectivity index (χ1n) is 6.53. The van der Waals surface area contributed by atoms with Gasteiger partial charge in [-0.05, 0) is 31.9 Å². The van der Waals surface area contributed by atoms with Gasteiger partial charge in [0.25, 0.3) is 0 Å². The number of rotatable bonds is 6. The van der Waals surface area contributed by atoms with Crippen molar-refractivity contribution in [2.24, 2.45) is 0 Å². The predicted octanol–water partition coefficient (Wildman–Crippen LogP) is 2.30. The Morgan fingerprint density at radius 2 is 2.11 bits per heavy atom. The molecule has 0 saturated heterocycles. The second-order valence-corrected chi connectivity index (χ2v) is 4.96. The highest BCUT2D eigenvalue weighted by Gasteiger charge is 2.10. The van der Waals surface area contributed by atoms with Gasteiger partial charge in [0.05, 0.1) is 12.7 Å². The van der Waals surface area contributed by atoms with Crippen LogP contribution in [0.25, 0.3) is 0 Å². The molecule has 0 saturated carbocycles. The highest BCUT2D eigenvalue weighted by Crippen LogP contribution is 2.26. The molecule has 0 aliphatic rings. The molecule has 0 radical (unpaired) electrons. The Bertz CT molecular complexity index is 427.